The van der Waals surface area contributed by atoms with Crippen molar-refractivity contribution in [3.63, 3.8) is 0 Å². The second-order valence-electron chi connectivity index (χ2n) is 7.78. The molecule has 33 heavy (non-hydrogen) atoms. The Morgan fingerprint density at radius 2 is 1.85 bits per heavy atom. The molecular formula is C26H28N4O2S. The lowest BCUT2D eigenvalue weighted by Gasteiger charge is -2.24. The molecule has 0 unspecified atom stereocenters. The molecule has 0 bridgehead atoms. The SMILES string of the molecule is CCN(CC)c1nc2cc(C(=O)NCCc3cccs3)ccc2c(=O)n1Cc1ccccc1. The molecule has 1 N–H and O–H groups in total. The highest BCUT2D eigenvalue weighted by Gasteiger charge is 2.17. The lowest BCUT2D eigenvalue weighted by Crippen LogP contribution is -2.33. The summed E-state index contributed by atoms with van der Waals surface area (Å²) in [6.07, 6.45) is 0.797. The van der Waals surface area contributed by atoms with Crippen molar-refractivity contribution >= 4 is 34.1 Å². The van der Waals surface area contributed by atoms with Crippen LogP contribution in [-0.2, 0) is 13.0 Å². The van der Waals surface area contributed by atoms with Crippen LogP contribution in [0.2, 0.25) is 0 Å². The maximum absolute atomic E-state index is 13.5. The second kappa shape index (κ2) is 10.4. The largest absolute Gasteiger partial charge is 0.352 e. The smallest absolute Gasteiger partial charge is 0.263 e. The molecule has 0 radical (unpaired) electrons. The summed E-state index contributed by atoms with van der Waals surface area (Å²) in [7, 11) is 0. The Bertz CT molecular complexity index is 1280. The van der Waals surface area contributed by atoms with Gasteiger partial charge in [0.05, 0.1) is 17.4 Å². The first-order valence-corrected chi connectivity index (χ1v) is 12.1. The molecule has 7 heteroatoms. The molecule has 2 aromatic heterocycles. The number of benzene rings is 2. The Morgan fingerprint density at radius 3 is 2.55 bits per heavy atom. The molecule has 2 aromatic carbocycles. The van der Waals surface area contributed by atoms with E-state index in [1.807, 2.05) is 55.6 Å². The topological polar surface area (TPSA) is 67.2 Å². The van der Waals surface area contributed by atoms with Gasteiger partial charge in [-0.25, -0.2) is 4.98 Å². The number of hydrogen-bond acceptors (Lipinski definition) is 5. The summed E-state index contributed by atoms with van der Waals surface area (Å²) in [6, 6.07) is 19.1. The lowest BCUT2D eigenvalue weighted by atomic mass is 10.1. The Balaban J connectivity index is 1.67. The first-order chi connectivity index (χ1) is 16.1. The summed E-state index contributed by atoms with van der Waals surface area (Å²) in [4.78, 5) is 34.3. The summed E-state index contributed by atoms with van der Waals surface area (Å²) in [6.45, 7) is 6.56. The van der Waals surface area contributed by atoms with E-state index in [1.165, 1.54) is 4.88 Å². The molecule has 0 fully saturated rings. The molecule has 2 heterocycles. The van der Waals surface area contributed by atoms with Gasteiger partial charge in [0.25, 0.3) is 11.5 Å². The Morgan fingerprint density at radius 1 is 1.06 bits per heavy atom. The number of anilines is 1. The fourth-order valence-electron chi connectivity index (χ4n) is 3.86. The molecule has 4 aromatic rings. The Labute approximate surface area is 197 Å². The number of amides is 1. The monoisotopic (exact) mass is 460 g/mol. The van der Waals surface area contributed by atoms with Gasteiger partial charge in [0.15, 0.2) is 0 Å². The van der Waals surface area contributed by atoms with E-state index >= 15 is 0 Å². The minimum absolute atomic E-state index is 0.101. The first kappa shape index (κ1) is 22.7. The second-order valence-corrected chi connectivity index (χ2v) is 8.81. The summed E-state index contributed by atoms with van der Waals surface area (Å²) in [5, 5.41) is 5.51. The molecule has 0 aliphatic rings. The standard InChI is InChI=1S/C26H28N4O2S/c1-3-29(4-2)26-28-23-17-20(24(31)27-15-14-21-11-8-16-33-21)12-13-22(23)25(32)30(26)18-19-9-6-5-7-10-19/h5-13,16-17H,3-4,14-15,18H2,1-2H3,(H,27,31). The maximum Gasteiger partial charge on any atom is 0.263 e. The van der Waals surface area contributed by atoms with Crippen LogP contribution in [0.5, 0.6) is 0 Å². The third kappa shape index (κ3) is 5.14. The highest BCUT2D eigenvalue weighted by Crippen LogP contribution is 2.18. The molecule has 4 rings (SSSR count). The maximum atomic E-state index is 13.5. The van der Waals surface area contributed by atoms with Gasteiger partial charge in [-0.3, -0.25) is 14.2 Å². The summed E-state index contributed by atoms with van der Waals surface area (Å²) in [5.41, 5.74) is 1.98. The first-order valence-electron chi connectivity index (χ1n) is 11.2. The van der Waals surface area contributed by atoms with Crippen LogP contribution in [0.3, 0.4) is 0 Å². The average molecular weight is 461 g/mol. The van der Waals surface area contributed by atoms with Crippen molar-refractivity contribution in [2.45, 2.75) is 26.8 Å². The van der Waals surface area contributed by atoms with Crippen molar-refractivity contribution in [2.24, 2.45) is 0 Å². The molecular weight excluding hydrogens is 432 g/mol. The van der Waals surface area contributed by atoms with Crippen LogP contribution < -0.4 is 15.8 Å². The van der Waals surface area contributed by atoms with Crippen LogP contribution in [0.15, 0.2) is 70.8 Å². The molecule has 6 nitrogen and oxygen atoms in total. The highest BCUT2D eigenvalue weighted by atomic mass is 32.1. The summed E-state index contributed by atoms with van der Waals surface area (Å²) in [5.74, 6) is 0.463. The zero-order chi connectivity index (χ0) is 23.2. The van der Waals surface area contributed by atoms with Crippen molar-refractivity contribution in [3.8, 4) is 0 Å². The predicted octanol–water partition coefficient (Wildman–Crippen LogP) is 4.33. The molecule has 0 atom stereocenters. The summed E-state index contributed by atoms with van der Waals surface area (Å²) >= 11 is 1.68. The van der Waals surface area contributed by atoms with E-state index in [9.17, 15) is 9.59 Å². The lowest BCUT2D eigenvalue weighted by molar-refractivity contribution is 0.0954. The molecule has 0 saturated heterocycles. The van der Waals surface area contributed by atoms with Crippen molar-refractivity contribution in [3.05, 3.63) is 92.4 Å². The number of hydrogen-bond donors (Lipinski definition) is 1. The van der Waals surface area contributed by atoms with Crippen molar-refractivity contribution < 1.29 is 4.79 Å². The number of fused-ring (bicyclic) bond motifs is 1. The molecule has 0 aliphatic carbocycles. The zero-order valence-corrected chi connectivity index (χ0v) is 19.8. The van der Waals surface area contributed by atoms with E-state index in [4.69, 9.17) is 4.98 Å². The van der Waals surface area contributed by atoms with Crippen LogP contribution in [0, 0.1) is 0 Å². The van der Waals surface area contributed by atoms with E-state index in [-0.39, 0.29) is 11.5 Å². The van der Waals surface area contributed by atoms with Gasteiger partial charge in [-0.05, 0) is 55.5 Å². The van der Waals surface area contributed by atoms with E-state index < -0.39 is 0 Å². The predicted molar refractivity (Wildman–Crippen MR) is 135 cm³/mol. The number of carbonyl (C=O) groups is 1. The van der Waals surface area contributed by atoms with E-state index in [1.54, 1.807) is 34.1 Å². The van der Waals surface area contributed by atoms with Crippen molar-refractivity contribution in [1.29, 1.82) is 0 Å². The number of aromatic nitrogens is 2. The highest BCUT2D eigenvalue weighted by molar-refractivity contribution is 7.09. The number of nitrogens with one attached hydrogen (secondary N) is 1. The number of rotatable bonds is 9. The van der Waals surface area contributed by atoms with E-state index in [0.717, 1.165) is 25.1 Å². The van der Waals surface area contributed by atoms with Crippen LogP contribution in [-0.4, -0.2) is 35.1 Å². The zero-order valence-electron chi connectivity index (χ0n) is 19.0. The van der Waals surface area contributed by atoms with Crippen LogP contribution in [0.25, 0.3) is 10.9 Å². The van der Waals surface area contributed by atoms with Gasteiger partial charge in [-0.2, -0.15) is 0 Å². The van der Waals surface area contributed by atoms with Gasteiger partial charge in [0.1, 0.15) is 0 Å². The molecule has 0 spiro atoms. The van der Waals surface area contributed by atoms with Crippen LogP contribution in [0.4, 0.5) is 5.95 Å². The van der Waals surface area contributed by atoms with Gasteiger partial charge < -0.3 is 10.2 Å². The minimum atomic E-state index is -0.159. The molecule has 1 amide bonds. The van der Waals surface area contributed by atoms with Gasteiger partial charge in [0, 0.05) is 30.1 Å². The Hall–Kier alpha value is -3.45. The van der Waals surface area contributed by atoms with Gasteiger partial charge >= 0.3 is 0 Å². The molecule has 0 saturated carbocycles. The third-order valence-corrected chi connectivity index (χ3v) is 6.60. The van der Waals surface area contributed by atoms with Crippen LogP contribution >= 0.6 is 11.3 Å². The number of nitrogens with zero attached hydrogens (tertiary/aromatic N) is 3. The van der Waals surface area contributed by atoms with Gasteiger partial charge in [0.2, 0.25) is 5.95 Å². The van der Waals surface area contributed by atoms with Crippen molar-refractivity contribution in [2.75, 3.05) is 24.5 Å². The molecule has 170 valence electrons. The normalized spacial score (nSPS) is 11.0. The van der Waals surface area contributed by atoms with Gasteiger partial charge in [-0.1, -0.05) is 36.4 Å². The Kier molecular flexibility index (Phi) is 7.19. The molecule has 0 aliphatic heterocycles. The number of thiophene rings is 1. The minimum Gasteiger partial charge on any atom is -0.352 e. The fraction of sp³-hybridized carbons (Fsp3) is 0.269. The third-order valence-electron chi connectivity index (χ3n) is 5.66. The number of carbonyl (C=O) groups excluding carboxylic acids is 1. The fourth-order valence-corrected chi connectivity index (χ4v) is 4.57. The van der Waals surface area contributed by atoms with E-state index in [0.29, 0.717) is 35.5 Å². The van der Waals surface area contributed by atoms with Gasteiger partial charge in [-0.15, -0.1) is 11.3 Å². The van der Waals surface area contributed by atoms with E-state index in [2.05, 4.69) is 16.3 Å². The summed E-state index contributed by atoms with van der Waals surface area (Å²) < 4.78 is 1.73. The quantitative estimate of drug-likeness (QED) is 0.404. The van der Waals surface area contributed by atoms with Crippen molar-refractivity contribution in [1.82, 2.24) is 14.9 Å². The van der Waals surface area contributed by atoms with Crippen LogP contribution in [0.1, 0.15) is 34.6 Å². The average Bonchev–Trinajstić information content (AvgIpc) is 3.36.